The van der Waals surface area contributed by atoms with Gasteiger partial charge >= 0.3 is 0 Å². The summed E-state index contributed by atoms with van der Waals surface area (Å²) in [5.41, 5.74) is 9.19. The fraction of sp³-hybridized carbons (Fsp3) is 0.0286. The van der Waals surface area contributed by atoms with Gasteiger partial charge in [-0.15, -0.1) is 0 Å². The first kappa shape index (κ1) is 22.6. The Kier molecular flexibility index (Phi) is 6.14. The second kappa shape index (κ2) is 10.0. The van der Waals surface area contributed by atoms with E-state index >= 15 is 0 Å². The van der Waals surface area contributed by atoms with Gasteiger partial charge in [-0.05, 0) is 83.4 Å². The van der Waals surface area contributed by atoms with Gasteiger partial charge in [0.05, 0.1) is 0 Å². The lowest BCUT2D eigenvalue weighted by molar-refractivity contribution is 1.27. The zero-order valence-electron chi connectivity index (χ0n) is 20.8. The van der Waals surface area contributed by atoms with Crippen LogP contribution in [0.5, 0.6) is 0 Å². The van der Waals surface area contributed by atoms with Crippen molar-refractivity contribution in [1.29, 1.82) is 0 Å². The van der Waals surface area contributed by atoms with E-state index in [1.807, 2.05) is 0 Å². The van der Waals surface area contributed by atoms with Gasteiger partial charge in [0.15, 0.2) is 0 Å². The summed E-state index contributed by atoms with van der Waals surface area (Å²) in [6.07, 6.45) is 0. The predicted molar refractivity (Wildman–Crippen MR) is 159 cm³/mol. The number of anilines is 5. The first-order chi connectivity index (χ1) is 18.3. The Hall–Kier alpha value is -4.82. The van der Waals surface area contributed by atoms with Crippen molar-refractivity contribution in [2.45, 2.75) is 6.92 Å². The van der Waals surface area contributed by atoms with Crippen molar-refractivity contribution >= 4 is 39.2 Å². The third kappa shape index (κ3) is 4.70. The van der Waals surface area contributed by atoms with Gasteiger partial charge in [0.25, 0.3) is 0 Å². The number of hydrogen-bond acceptors (Lipinski definition) is 2. The summed E-state index contributed by atoms with van der Waals surface area (Å²) in [4.78, 5) is 2.29. The molecule has 6 rings (SSSR count). The molecule has 1 N–H and O–H groups in total. The zero-order chi connectivity index (χ0) is 25.0. The molecule has 0 radical (unpaired) electrons. The highest BCUT2D eigenvalue weighted by atomic mass is 15.1. The third-order valence-corrected chi connectivity index (χ3v) is 6.69. The molecule has 0 unspecified atom stereocenters. The standard InChI is InChI=1S/C35H28N2/c1-26-11-9-16-31(25-26)37(29-14-3-2-4-15-29)30-23-21-28(22-24-30)36-35-20-8-7-18-34(35)33-19-10-13-27-12-5-6-17-32(27)33/h2-25,36H,1H3. The van der Waals surface area contributed by atoms with Gasteiger partial charge in [0.2, 0.25) is 0 Å². The zero-order valence-corrected chi connectivity index (χ0v) is 20.8. The first-order valence-electron chi connectivity index (χ1n) is 12.6. The lowest BCUT2D eigenvalue weighted by atomic mass is 9.97. The molecule has 6 aromatic rings. The lowest BCUT2D eigenvalue weighted by Gasteiger charge is -2.26. The predicted octanol–water partition coefficient (Wildman–Crippen LogP) is 10.0. The molecule has 0 heterocycles. The number of nitrogens with zero attached hydrogens (tertiary/aromatic N) is 1. The Labute approximate surface area is 218 Å². The number of nitrogens with one attached hydrogen (secondary N) is 1. The Morgan fingerprint density at radius 2 is 1.11 bits per heavy atom. The van der Waals surface area contributed by atoms with E-state index in [-0.39, 0.29) is 0 Å². The molecule has 6 aromatic carbocycles. The van der Waals surface area contributed by atoms with Crippen LogP contribution >= 0.6 is 0 Å². The van der Waals surface area contributed by atoms with E-state index in [2.05, 4.69) is 163 Å². The number of benzene rings is 6. The first-order valence-corrected chi connectivity index (χ1v) is 12.6. The summed E-state index contributed by atoms with van der Waals surface area (Å²) in [6, 6.07) is 51.4. The number of fused-ring (bicyclic) bond motifs is 1. The summed E-state index contributed by atoms with van der Waals surface area (Å²) < 4.78 is 0. The molecular formula is C35H28N2. The van der Waals surface area contributed by atoms with Crippen LogP contribution in [0.2, 0.25) is 0 Å². The normalized spacial score (nSPS) is 10.8. The maximum absolute atomic E-state index is 3.67. The minimum atomic E-state index is 1.05. The Morgan fingerprint density at radius 1 is 0.486 bits per heavy atom. The molecule has 0 aromatic heterocycles. The highest BCUT2D eigenvalue weighted by molar-refractivity contribution is 6.00. The molecule has 0 aliphatic heterocycles. The van der Waals surface area contributed by atoms with E-state index in [1.54, 1.807) is 0 Å². The monoisotopic (exact) mass is 476 g/mol. The van der Waals surface area contributed by atoms with Crippen molar-refractivity contribution in [2.24, 2.45) is 0 Å². The van der Waals surface area contributed by atoms with Crippen LogP contribution in [-0.4, -0.2) is 0 Å². The molecule has 0 aliphatic carbocycles. The average molecular weight is 477 g/mol. The molecule has 0 bridgehead atoms. The van der Waals surface area contributed by atoms with E-state index in [0.29, 0.717) is 0 Å². The molecule has 0 spiro atoms. The van der Waals surface area contributed by atoms with Gasteiger partial charge in [0.1, 0.15) is 0 Å². The minimum absolute atomic E-state index is 1.05. The maximum Gasteiger partial charge on any atom is 0.0464 e. The fourth-order valence-corrected chi connectivity index (χ4v) is 4.93. The third-order valence-electron chi connectivity index (χ3n) is 6.69. The molecule has 0 saturated carbocycles. The van der Waals surface area contributed by atoms with E-state index in [0.717, 1.165) is 28.4 Å². The van der Waals surface area contributed by atoms with Crippen LogP contribution in [0.25, 0.3) is 21.9 Å². The Morgan fingerprint density at radius 3 is 1.95 bits per heavy atom. The molecule has 37 heavy (non-hydrogen) atoms. The topological polar surface area (TPSA) is 15.3 Å². The number of rotatable bonds is 6. The fourth-order valence-electron chi connectivity index (χ4n) is 4.93. The number of aryl methyl sites for hydroxylation is 1. The number of para-hydroxylation sites is 2. The van der Waals surface area contributed by atoms with Crippen LogP contribution in [0.4, 0.5) is 28.4 Å². The lowest BCUT2D eigenvalue weighted by Crippen LogP contribution is -2.10. The molecule has 0 atom stereocenters. The van der Waals surface area contributed by atoms with Crippen molar-refractivity contribution in [3.8, 4) is 11.1 Å². The van der Waals surface area contributed by atoms with Crippen LogP contribution in [0, 0.1) is 6.92 Å². The van der Waals surface area contributed by atoms with Gasteiger partial charge in [0, 0.05) is 34.0 Å². The van der Waals surface area contributed by atoms with Crippen molar-refractivity contribution in [3.05, 3.63) is 151 Å². The summed E-state index contributed by atoms with van der Waals surface area (Å²) >= 11 is 0. The summed E-state index contributed by atoms with van der Waals surface area (Å²) in [5.74, 6) is 0. The summed E-state index contributed by atoms with van der Waals surface area (Å²) in [5, 5.41) is 6.17. The molecule has 2 nitrogen and oxygen atoms in total. The molecule has 2 heteroatoms. The van der Waals surface area contributed by atoms with E-state index in [4.69, 9.17) is 0 Å². The molecule has 0 amide bonds. The molecule has 0 aliphatic rings. The largest absolute Gasteiger partial charge is 0.355 e. The van der Waals surface area contributed by atoms with Gasteiger partial charge in [-0.25, -0.2) is 0 Å². The van der Waals surface area contributed by atoms with Crippen molar-refractivity contribution in [1.82, 2.24) is 0 Å². The summed E-state index contributed by atoms with van der Waals surface area (Å²) in [7, 11) is 0. The SMILES string of the molecule is Cc1cccc(N(c2ccccc2)c2ccc(Nc3ccccc3-c3cccc4ccccc34)cc2)c1. The Balaban J connectivity index is 1.35. The highest BCUT2D eigenvalue weighted by Crippen LogP contribution is 2.37. The van der Waals surface area contributed by atoms with E-state index < -0.39 is 0 Å². The van der Waals surface area contributed by atoms with Crippen LogP contribution in [0.15, 0.2) is 146 Å². The van der Waals surface area contributed by atoms with E-state index in [9.17, 15) is 0 Å². The molecule has 178 valence electrons. The maximum atomic E-state index is 3.67. The van der Waals surface area contributed by atoms with Gasteiger partial charge < -0.3 is 10.2 Å². The molecule has 0 fully saturated rings. The van der Waals surface area contributed by atoms with Crippen LogP contribution in [0.3, 0.4) is 0 Å². The average Bonchev–Trinajstić information content (AvgIpc) is 2.95. The van der Waals surface area contributed by atoms with Crippen LogP contribution in [0.1, 0.15) is 5.56 Å². The van der Waals surface area contributed by atoms with Crippen LogP contribution in [-0.2, 0) is 0 Å². The van der Waals surface area contributed by atoms with Gasteiger partial charge in [-0.1, -0.05) is 91.0 Å². The van der Waals surface area contributed by atoms with E-state index in [1.165, 1.54) is 27.5 Å². The summed E-state index contributed by atoms with van der Waals surface area (Å²) in [6.45, 7) is 2.13. The van der Waals surface area contributed by atoms with Gasteiger partial charge in [-0.2, -0.15) is 0 Å². The molecule has 0 saturated heterocycles. The van der Waals surface area contributed by atoms with Crippen LogP contribution < -0.4 is 10.2 Å². The second-order valence-corrected chi connectivity index (χ2v) is 9.25. The highest BCUT2D eigenvalue weighted by Gasteiger charge is 2.13. The number of hydrogen-bond donors (Lipinski definition) is 1. The van der Waals surface area contributed by atoms with Crippen molar-refractivity contribution < 1.29 is 0 Å². The molecular weight excluding hydrogens is 448 g/mol. The Bertz CT molecular complexity index is 1650. The smallest absolute Gasteiger partial charge is 0.0464 e. The minimum Gasteiger partial charge on any atom is -0.355 e. The quantitative estimate of drug-likeness (QED) is 0.257. The van der Waals surface area contributed by atoms with Crippen molar-refractivity contribution in [3.63, 3.8) is 0 Å². The second-order valence-electron chi connectivity index (χ2n) is 9.25. The van der Waals surface area contributed by atoms with Gasteiger partial charge in [-0.3, -0.25) is 0 Å². The van der Waals surface area contributed by atoms with Crippen molar-refractivity contribution in [2.75, 3.05) is 10.2 Å².